The maximum absolute atomic E-state index is 7.00. The number of halogens is 2. The summed E-state index contributed by atoms with van der Waals surface area (Å²) in [5.74, 6) is 0. The first-order chi connectivity index (χ1) is 2.00. The lowest BCUT2D eigenvalue weighted by atomic mass is 11.8. The minimum absolute atomic E-state index is 1.00. The highest BCUT2D eigenvalue weighted by atomic mass is 79.9. The van der Waals surface area contributed by atoms with Crippen LogP contribution in [0.4, 0.5) is 0 Å². The van der Waals surface area contributed by atoms with E-state index < -0.39 is 0 Å². The van der Waals surface area contributed by atoms with Crippen molar-refractivity contribution in [3.63, 3.8) is 0 Å². The summed E-state index contributed by atoms with van der Waals surface area (Å²) in [7, 11) is 5.45. The van der Waals surface area contributed by atoms with Crippen LogP contribution in [-0.2, 0) is 0 Å². The fourth-order valence-electron chi connectivity index (χ4n) is 0. The van der Waals surface area contributed by atoms with E-state index in [1.54, 1.807) is 0 Å². The fraction of sp³-hybridized carbons (Fsp3) is 1.00. The molecule has 0 aliphatic carbocycles. The predicted molar refractivity (Wildman–Crippen MR) is 22.9 cm³/mol. The van der Waals surface area contributed by atoms with Gasteiger partial charge >= 0.3 is 0 Å². The van der Waals surface area contributed by atoms with Crippen LogP contribution in [0.1, 0.15) is 0 Å². The van der Waals surface area contributed by atoms with Gasteiger partial charge in [-0.1, -0.05) is 0 Å². The van der Waals surface area contributed by atoms with Gasteiger partial charge < -0.3 is 5.11 Å². The maximum atomic E-state index is 7.00. The van der Waals surface area contributed by atoms with Gasteiger partial charge in [-0.15, -0.1) is 0 Å². The van der Waals surface area contributed by atoms with Gasteiger partial charge in [-0.25, -0.2) is 0 Å². The molecule has 0 aliphatic rings. The molecular weight excluding hydrogens is 143 g/mol. The fourth-order valence-corrected chi connectivity index (χ4v) is 0. The third kappa shape index (κ3) is 15.3. The molecule has 0 radical (unpaired) electrons. The Morgan fingerprint density at radius 2 is 1.50 bits per heavy atom. The van der Waals surface area contributed by atoms with Gasteiger partial charge in [-0.3, -0.25) is 0 Å². The molecule has 0 unspecified atom stereocenters. The monoisotopic (exact) mass is 146 g/mol. The molecule has 0 atom stereocenters. The van der Waals surface area contributed by atoms with Crippen LogP contribution < -0.4 is 0 Å². The summed E-state index contributed by atoms with van der Waals surface area (Å²) in [6, 6.07) is 0. The second kappa shape index (κ2) is 52.2. The van der Waals surface area contributed by atoms with Crippen LogP contribution in [0.15, 0.2) is 0 Å². The Kier molecular flexibility index (Phi) is 115. The summed E-state index contributed by atoms with van der Waals surface area (Å²) in [6.45, 7) is 0. The van der Waals surface area contributed by atoms with Crippen molar-refractivity contribution < 1.29 is 5.11 Å². The summed E-state index contributed by atoms with van der Waals surface area (Å²) >= 11 is 2.41. The summed E-state index contributed by atoms with van der Waals surface area (Å²) in [5.41, 5.74) is 0. The molecule has 0 aromatic rings. The molecule has 0 bridgehead atoms. The van der Waals surface area contributed by atoms with E-state index in [1.807, 2.05) is 0 Å². The highest BCUT2D eigenvalue weighted by molar-refractivity contribution is 9.22. The van der Waals surface area contributed by atoms with Gasteiger partial charge in [0.2, 0.25) is 0 Å². The van der Waals surface area contributed by atoms with Crippen molar-refractivity contribution >= 4 is 25.1 Å². The lowest BCUT2D eigenvalue weighted by Crippen LogP contribution is -1.25. The van der Waals surface area contributed by atoms with Crippen molar-refractivity contribution in [2.24, 2.45) is 0 Å². The molecule has 0 aliphatic heterocycles. The molecular formula is CH4BrClO. The Balaban J connectivity index is 0. The van der Waals surface area contributed by atoms with E-state index >= 15 is 0 Å². The highest BCUT2D eigenvalue weighted by Crippen LogP contribution is 1.77. The van der Waals surface area contributed by atoms with E-state index in [9.17, 15) is 0 Å². The van der Waals surface area contributed by atoms with E-state index in [1.165, 1.54) is 0 Å². The molecule has 0 saturated carbocycles. The first-order valence-electron chi connectivity index (χ1n) is 0.590. The van der Waals surface area contributed by atoms with E-state index in [0.29, 0.717) is 0 Å². The van der Waals surface area contributed by atoms with Gasteiger partial charge in [0.15, 0.2) is 0 Å². The topological polar surface area (TPSA) is 20.2 Å². The van der Waals surface area contributed by atoms with Crippen molar-refractivity contribution in [3.8, 4) is 0 Å². The zero-order valence-electron chi connectivity index (χ0n) is 2.20. The zero-order valence-corrected chi connectivity index (χ0v) is 4.55. The molecule has 0 spiro atoms. The van der Waals surface area contributed by atoms with E-state index in [-0.39, 0.29) is 0 Å². The zero-order chi connectivity index (χ0) is 4.00. The Bertz CT molecular complexity index is 8.00. The van der Waals surface area contributed by atoms with Crippen LogP contribution in [0.2, 0.25) is 0 Å². The molecule has 0 aromatic heterocycles. The number of rotatable bonds is 0. The quantitative estimate of drug-likeness (QED) is 0.545. The molecule has 1 nitrogen and oxygen atoms in total. The van der Waals surface area contributed by atoms with Crippen LogP contribution >= 0.6 is 25.1 Å². The summed E-state index contributed by atoms with van der Waals surface area (Å²) in [6.07, 6.45) is 0. The number of aliphatic hydroxyl groups is 1. The molecule has 0 amide bonds. The van der Waals surface area contributed by atoms with Crippen LogP contribution in [0, 0.1) is 0 Å². The second-order valence-electron chi connectivity index (χ2n) is 0. The van der Waals surface area contributed by atoms with Gasteiger partial charge in [0.25, 0.3) is 0 Å². The summed E-state index contributed by atoms with van der Waals surface area (Å²) in [5, 5.41) is 7.00. The Labute approximate surface area is 37.9 Å². The molecule has 0 saturated heterocycles. The molecule has 1 N–H and O–H groups in total. The van der Waals surface area contributed by atoms with Gasteiger partial charge in [-0.05, 0) is 10.1 Å². The van der Waals surface area contributed by atoms with Crippen molar-refractivity contribution in [2.75, 3.05) is 7.11 Å². The largest absolute Gasteiger partial charge is 0.400 e. The van der Waals surface area contributed by atoms with Crippen molar-refractivity contribution in [3.05, 3.63) is 0 Å². The van der Waals surface area contributed by atoms with Crippen LogP contribution in [0.3, 0.4) is 0 Å². The minimum atomic E-state index is 1.00. The first-order valence-corrected chi connectivity index (χ1v) is 2.67. The minimum Gasteiger partial charge on any atom is -0.400 e. The molecule has 4 heavy (non-hydrogen) atoms. The second-order valence-corrected chi connectivity index (χ2v) is 0. The predicted octanol–water partition coefficient (Wildman–Crippen LogP) is 1.14. The molecule has 0 heterocycles. The molecule has 3 heteroatoms. The Hall–Kier alpha value is 0.730. The number of aliphatic hydroxyl groups excluding tert-OH is 1. The van der Waals surface area contributed by atoms with Gasteiger partial charge in [-0.2, -0.15) is 0 Å². The Morgan fingerprint density at radius 3 is 1.50 bits per heavy atom. The van der Waals surface area contributed by atoms with Crippen LogP contribution in [0.25, 0.3) is 0 Å². The average molecular weight is 147 g/mol. The normalized spacial score (nSPS) is 3.00. The lowest BCUT2D eigenvalue weighted by molar-refractivity contribution is 0.399. The molecule has 0 rings (SSSR count). The van der Waals surface area contributed by atoms with E-state index in [2.05, 4.69) is 25.1 Å². The summed E-state index contributed by atoms with van der Waals surface area (Å²) in [4.78, 5) is 0. The van der Waals surface area contributed by atoms with Gasteiger partial charge in [0, 0.05) is 22.1 Å². The van der Waals surface area contributed by atoms with E-state index in [4.69, 9.17) is 5.11 Å². The third-order valence-corrected chi connectivity index (χ3v) is 0. The molecule has 0 fully saturated rings. The Morgan fingerprint density at radius 1 is 1.50 bits per heavy atom. The van der Waals surface area contributed by atoms with Crippen molar-refractivity contribution in [2.45, 2.75) is 0 Å². The average Bonchev–Trinajstić information content (AvgIpc) is 1.50. The lowest BCUT2D eigenvalue weighted by Gasteiger charge is -1.21. The molecule has 0 aromatic carbocycles. The van der Waals surface area contributed by atoms with Gasteiger partial charge in [0.1, 0.15) is 0 Å². The third-order valence-electron chi connectivity index (χ3n) is 0. The van der Waals surface area contributed by atoms with Crippen molar-refractivity contribution in [1.82, 2.24) is 0 Å². The van der Waals surface area contributed by atoms with E-state index in [0.717, 1.165) is 7.11 Å². The number of hydrogen-bond donors (Lipinski definition) is 1. The first kappa shape index (κ1) is 8.83. The maximum Gasteiger partial charge on any atom is 0.0341 e. The smallest absolute Gasteiger partial charge is 0.0341 e. The van der Waals surface area contributed by atoms with Crippen LogP contribution in [0.5, 0.6) is 0 Å². The molecule has 28 valence electrons. The highest BCUT2D eigenvalue weighted by Gasteiger charge is 1.00. The SMILES string of the molecule is CO.ClBr. The summed E-state index contributed by atoms with van der Waals surface area (Å²) < 4.78 is 0. The van der Waals surface area contributed by atoms with Gasteiger partial charge in [0.05, 0.1) is 0 Å². The standard InChI is InChI=1S/CH4O.BrCl/c2*1-2/h2H,1H3;. The van der Waals surface area contributed by atoms with Crippen molar-refractivity contribution in [1.29, 1.82) is 0 Å². The number of hydrogen-bond acceptors (Lipinski definition) is 1. The van der Waals surface area contributed by atoms with Crippen LogP contribution in [-0.4, -0.2) is 12.2 Å².